The van der Waals surface area contributed by atoms with Crippen LogP contribution in [-0.2, 0) is 13.8 Å². The topological polar surface area (TPSA) is 137 Å². The smallest absolute Gasteiger partial charge is 0.388 e. The van der Waals surface area contributed by atoms with Crippen molar-refractivity contribution in [3.8, 4) is 0 Å². The summed E-state index contributed by atoms with van der Waals surface area (Å²) in [6, 6.07) is 0. The van der Waals surface area contributed by atoms with E-state index >= 15 is 0 Å². The molecule has 1 heterocycles. The third kappa shape index (κ3) is 2.97. The molecule has 0 saturated carbocycles. The van der Waals surface area contributed by atoms with E-state index in [9.17, 15) is 9.67 Å². The van der Waals surface area contributed by atoms with Crippen molar-refractivity contribution in [2.75, 3.05) is 6.61 Å². The van der Waals surface area contributed by atoms with Crippen LogP contribution in [0.4, 0.5) is 0 Å². The van der Waals surface area contributed by atoms with E-state index in [4.69, 9.17) is 20.0 Å². The van der Waals surface area contributed by atoms with E-state index in [1.807, 2.05) is 0 Å². The summed E-state index contributed by atoms with van der Waals surface area (Å²) in [7, 11) is -4.85. The fourth-order valence-electron chi connectivity index (χ4n) is 1.05. The Morgan fingerprint density at radius 3 is 2.36 bits per heavy atom. The summed E-state index contributed by atoms with van der Waals surface area (Å²) in [4.78, 5) is 16.8. The second-order valence-electron chi connectivity index (χ2n) is 2.84. The molecule has 0 amide bonds. The monoisotopic (exact) mass is 230 g/mol. The second-order valence-corrected chi connectivity index (χ2v) is 4.03. The summed E-state index contributed by atoms with van der Waals surface area (Å²) in [6.45, 7) is -0.330. The number of hydrogen-bond acceptors (Lipinski definition) is 6. The molecule has 14 heavy (non-hydrogen) atoms. The van der Waals surface area contributed by atoms with Gasteiger partial charge in [0.15, 0.2) is 6.29 Å². The average molecular weight is 230 g/mol. The maximum Gasteiger partial charge on any atom is 0.470 e. The third-order valence-electron chi connectivity index (χ3n) is 1.71. The fraction of sp³-hybridized carbons (Fsp3) is 1.00. The predicted molar refractivity (Wildman–Crippen MR) is 40.9 cm³/mol. The zero-order valence-corrected chi connectivity index (χ0v) is 7.82. The minimum absolute atomic E-state index is 0.330. The van der Waals surface area contributed by atoms with Crippen LogP contribution in [0.5, 0.6) is 0 Å². The molecule has 0 aromatic heterocycles. The molecule has 1 saturated heterocycles. The van der Waals surface area contributed by atoms with E-state index in [2.05, 4.69) is 9.26 Å². The summed E-state index contributed by atoms with van der Waals surface area (Å²) in [5.41, 5.74) is 0. The Morgan fingerprint density at radius 2 is 1.86 bits per heavy atom. The number of aliphatic hydroxyl groups excluding tert-OH is 3. The molecular formula is C5H11O8P. The summed E-state index contributed by atoms with van der Waals surface area (Å²) in [5.74, 6) is 0. The molecule has 1 aliphatic rings. The SMILES string of the molecule is O=P(O)(O)O[C@H]1C(O)OC[C@@H](O)[C@H]1O. The highest BCUT2D eigenvalue weighted by atomic mass is 31.2. The molecule has 8 nitrogen and oxygen atoms in total. The Morgan fingerprint density at radius 1 is 1.29 bits per heavy atom. The molecule has 1 aliphatic heterocycles. The van der Waals surface area contributed by atoms with Crippen LogP contribution in [-0.4, -0.2) is 56.3 Å². The lowest BCUT2D eigenvalue weighted by atomic mass is 10.1. The Hall–Kier alpha value is -0.0500. The summed E-state index contributed by atoms with van der Waals surface area (Å²) in [6.07, 6.45) is -6.30. The number of phosphoric ester groups is 1. The maximum atomic E-state index is 10.4. The molecule has 4 atom stereocenters. The Balaban J connectivity index is 2.68. The molecule has 84 valence electrons. The zero-order valence-electron chi connectivity index (χ0n) is 6.92. The molecule has 0 aliphatic carbocycles. The van der Waals surface area contributed by atoms with Gasteiger partial charge in [0, 0.05) is 0 Å². The van der Waals surface area contributed by atoms with Gasteiger partial charge in [-0.2, -0.15) is 0 Å². The highest BCUT2D eigenvalue weighted by molar-refractivity contribution is 7.46. The van der Waals surface area contributed by atoms with Crippen LogP contribution >= 0.6 is 7.82 Å². The lowest BCUT2D eigenvalue weighted by molar-refractivity contribution is -0.247. The molecule has 0 bridgehead atoms. The van der Waals surface area contributed by atoms with E-state index in [-0.39, 0.29) is 6.61 Å². The normalized spacial score (nSPS) is 39.8. The van der Waals surface area contributed by atoms with Gasteiger partial charge in [0.05, 0.1) is 6.61 Å². The second kappa shape index (κ2) is 4.21. The summed E-state index contributed by atoms with van der Waals surface area (Å²) >= 11 is 0. The summed E-state index contributed by atoms with van der Waals surface area (Å²) in [5, 5.41) is 27.3. The van der Waals surface area contributed by atoms with Crippen molar-refractivity contribution in [2.45, 2.75) is 24.6 Å². The minimum atomic E-state index is -4.85. The predicted octanol–water partition coefficient (Wildman–Crippen LogP) is -2.47. The number of aliphatic hydroxyl groups is 3. The zero-order chi connectivity index (χ0) is 10.9. The molecule has 9 heteroatoms. The lowest BCUT2D eigenvalue weighted by Crippen LogP contribution is -2.53. The van der Waals surface area contributed by atoms with Crippen LogP contribution < -0.4 is 0 Å². The highest BCUT2D eigenvalue weighted by Crippen LogP contribution is 2.40. The molecule has 0 aromatic carbocycles. The Kier molecular flexibility index (Phi) is 3.62. The first-order chi connectivity index (χ1) is 6.31. The first kappa shape index (κ1) is 12.0. The van der Waals surface area contributed by atoms with Gasteiger partial charge in [0.2, 0.25) is 0 Å². The van der Waals surface area contributed by atoms with E-state index in [1.165, 1.54) is 0 Å². The van der Waals surface area contributed by atoms with Crippen LogP contribution in [0, 0.1) is 0 Å². The van der Waals surface area contributed by atoms with E-state index in [1.54, 1.807) is 0 Å². The van der Waals surface area contributed by atoms with Crippen molar-refractivity contribution in [3.05, 3.63) is 0 Å². The van der Waals surface area contributed by atoms with Crippen LogP contribution in [0.15, 0.2) is 0 Å². The van der Waals surface area contributed by atoms with Crippen LogP contribution in [0.25, 0.3) is 0 Å². The molecular weight excluding hydrogens is 219 g/mol. The number of ether oxygens (including phenoxy) is 1. The van der Waals surface area contributed by atoms with Gasteiger partial charge in [-0.25, -0.2) is 4.57 Å². The van der Waals surface area contributed by atoms with Gasteiger partial charge in [-0.05, 0) is 0 Å². The lowest BCUT2D eigenvalue weighted by Gasteiger charge is -2.34. The molecule has 0 aromatic rings. The molecule has 1 rings (SSSR count). The quantitative estimate of drug-likeness (QED) is 0.329. The first-order valence-electron chi connectivity index (χ1n) is 3.71. The van der Waals surface area contributed by atoms with Gasteiger partial charge < -0.3 is 29.8 Å². The Labute approximate surface area is 78.9 Å². The number of hydrogen-bond donors (Lipinski definition) is 5. The third-order valence-corrected chi connectivity index (χ3v) is 2.23. The van der Waals surface area contributed by atoms with Crippen LogP contribution in [0.1, 0.15) is 0 Å². The number of rotatable bonds is 2. The highest BCUT2D eigenvalue weighted by Gasteiger charge is 2.42. The van der Waals surface area contributed by atoms with Gasteiger partial charge in [-0.3, -0.25) is 4.52 Å². The standard InChI is InChI=1S/C5H11O8P/c6-2-1-12-5(8)4(3(2)7)13-14(9,10)11/h2-8H,1H2,(H2,9,10,11)/t2-,3-,4-,5?/m1/s1. The fourth-order valence-corrected chi connectivity index (χ4v) is 1.60. The summed E-state index contributed by atoms with van der Waals surface area (Å²) < 4.78 is 19.0. The first-order valence-corrected chi connectivity index (χ1v) is 5.24. The average Bonchev–Trinajstić information content (AvgIpc) is 2.04. The van der Waals surface area contributed by atoms with Gasteiger partial charge in [-0.1, -0.05) is 0 Å². The van der Waals surface area contributed by atoms with Gasteiger partial charge in [0.1, 0.15) is 18.3 Å². The Bertz CT molecular complexity index is 238. The van der Waals surface area contributed by atoms with Crippen molar-refractivity contribution >= 4 is 7.82 Å². The van der Waals surface area contributed by atoms with Gasteiger partial charge in [-0.15, -0.1) is 0 Å². The maximum absolute atomic E-state index is 10.4. The molecule has 0 spiro atoms. The molecule has 0 radical (unpaired) electrons. The van der Waals surface area contributed by atoms with Crippen molar-refractivity contribution in [1.82, 2.24) is 0 Å². The van der Waals surface area contributed by atoms with Gasteiger partial charge >= 0.3 is 7.82 Å². The van der Waals surface area contributed by atoms with Crippen LogP contribution in [0.3, 0.4) is 0 Å². The minimum Gasteiger partial charge on any atom is -0.388 e. The largest absolute Gasteiger partial charge is 0.470 e. The van der Waals surface area contributed by atoms with Crippen molar-refractivity contribution in [2.24, 2.45) is 0 Å². The van der Waals surface area contributed by atoms with E-state index in [0.29, 0.717) is 0 Å². The van der Waals surface area contributed by atoms with Crippen molar-refractivity contribution in [1.29, 1.82) is 0 Å². The van der Waals surface area contributed by atoms with Gasteiger partial charge in [0.25, 0.3) is 0 Å². The van der Waals surface area contributed by atoms with E-state index < -0.39 is 32.4 Å². The van der Waals surface area contributed by atoms with E-state index in [0.717, 1.165) is 0 Å². The van der Waals surface area contributed by atoms with Crippen molar-refractivity contribution < 1.29 is 38.9 Å². The molecule has 1 fully saturated rings. The van der Waals surface area contributed by atoms with Crippen molar-refractivity contribution in [3.63, 3.8) is 0 Å². The van der Waals surface area contributed by atoms with Crippen LogP contribution in [0.2, 0.25) is 0 Å². The number of phosphoric acid groups is 1. The molecule has 5 N–H and O–H groups in total. The molecule has 1 unspecified atom stereocenters.